The minimum absolute atomic E-state index is 0.0707. The Balaban J connectivity index is 3.07. The van der Waals surface area contributed by atoms with E-state index in [-0.39, 0.29) is 15.5 Å². The number of hydrogen-bond donors (Lipinski definition) is 1. The molecule has 0 radical (unpaired) electrons. The van der Waals surface area contributed by atoms with Gasteiger partial charge in [0.1, 0.15) is 6.07 Å². The fourth-order valence-corrected chi connectivity index (χ4v) is 2.99. The second kappa shape index (κ2) is 5.82. The summed E-state index contributed by atoms with van der Waals surface area (Å²) in [4.78, 5) is 0.0707. The monoisotopic (exact) mass is 370 g/mol. The Morgan fingerprint density at radius 2 is 2.19 bits per heavy atom. The zero-order valence-electron chi connectivity index (χ0n) is 8.07. The molecule has 0 unspecified atom stereocenters. The van der Waals surface area contributed by atoms with Crippen LogP contribution in [0.15, 0.2) is 23.1 Å². The summed E-state index contributed by atoms with van der Waals surface area (Å²) >= 11 is 7.82. The third kappa shape index (κ3) is 3.31. The van der Waals surface area contributed by atoms with E-state index in [2.05, 4.69) is 27.3 Å². The van der Waals surface area contributed by atoms with E-state index in [9.17, 15) is 8.42 Å². The van der Waals surface area contributed by atoms with E-state index >= 15 is 0 Å². The molecule has 16 heavy (non-hydrogen) atoms. The van der Waals surface area contributed by atoms with Crippen molar-refractivity contribution >= 4 is 44.2 Å². The number of benzene rings is 1. The summed E-state index contributed by atoms with van der Waals surface area (Å²) in [6.07, 6.45) is 0. The summed E-state index contributed by atoms with van der Waals surface area (Å²) in [6.45, 7) is 0.362. The number of halogens is 2. The van der Waals surface area contributed by atoms with Gasteiger partial charge in [0.25, 0.3) is 0 Å². The lowest BCUT2D eigenvalue weighted by atomic mass is 10.2. The Morgan fingerprint density at radius 1 is 1.50 bits per heavy atom. The van der Waals surface area contributed by atoms with Crippen LogP contribution in [0.25, 0.3) is 0 Å². The van der Waals surface area contributed by atoms with Crippen LogP contribution in [0.5, 0.6) is 0 Å². The molecule has 86 valence electrons. The van der Waals surface area contributed by atoms with Gasteiger partial charge in [0, 0.05) is 11.0 Å². The fourth-order valence-electron chi connectivity index (χ4n) is 1.01. The second-order valence-electron chi connectivity index (χ2n) is 2.84. The van der Waals surface area contributed by atoms with Crippen LogP contribution >= 0.6 is 34.2 Å². The van der Waals surface area contributed by atoms with Gasteiger partial charge in [0.15, 0.2) is 0 Å². The van der Waals surface area contributed by atoms with Crippen LogP contribution in [0.1, 0.15) is 5.56 Å². The zero-order valence-corrected chi connectivity index (χ0v) is 11.8. The van der Waals surface area contributed by atoms with Gasteiger partial charge in [0.2, 0.25) is 10.0 Å². The minimum atomic E-state index is -3.52. The lowest BCUT2D eigenvalue weighted by Crippen LogP contribution is -2.25. The Kier molecular flexibility index (Phi) is 4.98. The van der Waals surface area contributed by atoms with Gasteiger partial charge in [-0.15, -0.1) is 0 Å². The Labute approximate surface area is 113 Å². The van der Waals surface area contributed by atoms with Gasteiger partial charge in [-0.3, -0.25) is 0 Å². The summed E-state index contributed by atoms with van der Waals surface area (Å²) in [5.74, 6) is 0. The molecule has 0 aliphatic carbocycles. The molecule has 0 atom stereocenters. The molecule has 1 rings (SSSR count). The third-order valence-corrected chi connectivity index (χ3v) is 4.07. The maximum Gasteiger partial charge on any atom is 0.240 e. The van der Waals surface area contributed by atoms with E-state index < -0.39 is 10.0 Å². The number of sulfonamides is 1. The van der Waals surface area contributed by atoms with Gasteiger partial charge >= 0.3 is 0 Å². The molecule has 0 aliphatic rings. The molecule has 0 saturated heterocycles. The van der Waals surface area contributed by atoms with Gasteiger partial charge in [0.05, 0.1) is 15.5 Å². The number of nitrogens with zero attached hydrogens (tertiary/aromatic N) is 1. The van der Waals surface area contributed by atoms with Crippen LogP contribution in [0.3, 0.4) is 0 Å². The molecule has 7 heteroatoms. The molecular formula is C9H8ClIN2O2S. The van der Waals surface area contributed by atoms with Crippen molar-refractivity contribution in [3.05, 3.63) is 28.8 Å². The SMILES string of the molecule is N#Cc1ccc(S(=O)(=O)NCCI)cc1Cl. The van der Waals surface area contributed by atoms with Crippen molar-refractivity contribution in [2.45, 2.75) is 4.90 Å². The standard InChI is InChI=1S/C9H8ClIN2O2S/c10-9-5-8(2-1-7(9)6-12)16(14,15)13-4-3-11/h1-2,5,13H,3-4H2. The van der Waals surface area contributed by atoms with Crippen molar-refractivity contribution in [1.29, 1.82) is 5.26 Å². The molecule has 0 aliphatic heterocycles. The number of nitrogens with one attached hydrogen (secondary N) is 1. The first-order valence-corrected chi connectivity index (χ1v) is 7.65. The molecule has 1 aromatic rings. The van der Waals surface area contributed by atoms with Crippen LogP contribution in [0.2, 0.25) is 5.02 Å². The van der Waals surface area contributed by atoms with Gasteiger partial charge < -0.3 is 0 Å². The smallest absolute Gasteiger partial charge is 0.210 e. The Morgan fingerprint density at radius 3 is 2.69 bits per heavy atom. The summed E-state index contributed by atoms with van der Waals surface area (Å²) < 4.78 is 26.5. The largest absolute Gasteiger partial charge is 0.240 e. The summed E-state index contributed by atoms with van der Waals surface area (Å²) in [7, 11) is -3.52. The Bertz CT molecular complexity index is 525. The van der Waals surface area contributed by atoms with Crippen LogP contribution in [0.4, 0.5) is 0 Å². The van der Waals surface area contributed by atoms with Crippen molar-refractivity contribution in [3.8, 4) is 6.07 Å². The maximum atomic E-state index is 11.7. The predicted octanol–water partition coefficient (Wildman–Crippen LogP) is 1.92. The summed E-state index contributed by atoms with van der Waals surface area (Å²) in [5.41, 5.74) is 0.259. The molecule has 0 aromatic heterocycles. The molecule has 4 nitrogen and oxygen atoms in total. The number of rotatable bonds is 4. The molecule has 0 fully saturated rings. The summed E-state index contributed by atoms with van der Waals surface area (Å²) in [5, 5.41) is 8.79. The first kappa shape index (κ1) is 13.7. The van der Waals surface area contributed by atoms with Crippen LogP contribution in [-0.2, 0) is 10.0 Å². The van der Waals surface area contributed by atoms with Gasteiger partial charge in [-0.2, -0.15) is 5.26 Å². The molecule has 1 aromatic carbocycles. The maximum absolute atomic E-state index is 11.7. The quantitative estimate of drug-likeness (QED) is 0.650. The van der Waals surface area contributed by atoms with Crippen molar-refractivity contribution < 1.29 is 8.42 Å². The molecule has 0 saturated carbocycles. The first-order chi connectivity index (χ1) is 7.51. The number of hydrogen-bond acceptors (Lipinski definition) is 3. The predicted molar refractivity (Wildman–Crippen MR) is 70.2 cm³/mol. The average molecular weight is 371 g/mol. The van der Waals surface area contributed by atoms with Crippen molar-refractivity contribution in [3.63, 3.8) is 0 Å². The van der Waals surface area contributed by atoms with Crippen LogP contribution in [0, 0.1) is 11.3 Å². The van der Waals surface area contributed by atoms with E-state index in [4.69, 9.17) is 16.9 Å². The van der Waals surface area contributed by atoms with Crippen molar-refractivity contribution in [2.75, 3.05) is 11.0 Å². The third-order valence-electron chi connectivity index (χ3n) is 1.76. The molecular weight excluding hydrogens is 363 g/mol. The molecule has 0 amide bonds. The number of alkyl halides is 1. The highest BCUT2D eigenvalue weighted by molar-refractivity contribution is 14.1. The number of nitriles is 1. The highest BCUT2D eigenvalue weighted by atomic mass is 127. The van der Waals surface area contributed by atoms with E-state index in [1.54, 1.807) is 0 Å². The van der Waals surface area contributed by atoms with E-state index in [1.807, 2.05) is 6.07 Å². The van der Waals surface area contributed by atoms with Gasteiger partial charge in [-0.05, 0) is 18.2 Å². The van der Waals surface area contributed by atoms with Crippen LogP contribution in [-0.4, -0.2) is 19.4 Å². The highest BCUT2D eigenvalue weighted by Crippen LogP contribution is 2.19. The highest BCUT2D eigenvalue weighted by Gasteiger charge is 2.14. The molecule has 0 spiro atoms. The normalized spacial score (nSPS) is 11.1. The van der Waals surface area contributed by atoms with E-state index in [0.29, 0.717) is 11.0 Å². The van der Waals surface area contributed by atoms with E-state index in [0.717, 1.165) is 0 Å². The van der Waals surface area contributed by atoms with Crippen molar-refractivity contribution in [2.24, 2.45) is 0 Å². The Hall–Kier alpha value is -0.360. The topological polar surface area (TPSA) is 70.0 Å². The van der Waals surface area contributed by atoms with E-state index in [1.165, 1.54) is 18.2 Å². The molecule has 0 bridgehead atoms. The van der Waals surface area contributed by atoms with Gasteiger partial charge in [-0.25, -0.2) is 13.1 Å². The van der Waals surface area contributed by atoms with Crippen molar-refractivity contribution in [1.82, 2.24) is 4.72 Å². The zero-order chi connectivity index (χ0) is 12.2. The second-order valence-corrected chi connectivity index (χ2v) is 6.09. The lowest BCUT2D eigenvalue weighted by molar-refractivity contribution is 0.584. The molecule has 1 N–H and O–H groups in total. The van der Waals surface area contributed by atoms with Gasteiger partial charge in [-0.1, -0.05) is 34.2 Å². The first-order valence-electron chi connectivity index (χ1n) is 4.26. The average Bonchev–Trinajstić information content (AvgIpc) is 2.26. The fraction of sp³-hybridized carbons (Fsp3) is 0.222. The molecule has 0 heterocycles. The lowest BCUT2D eigenvalue weighted by Gasteiger charge is -2.05. The minimum Gasteiger partial charge on any atom is -0.210 e. The summed E-state index contributed by atoms with van der Waals surface area (Å²) in [6, 6.07) is 5.89. The van der Waals surface area contributed by atoms with Crippen LogP contribution < -0.4 is 4.72 Å².